The molecule has 0 spiro atoms. The molecule has 4 rings (SSSR count). The summed E-state index contributed by atoms with van der Waals surface area (Å²) in [7, 11) is 0. The molecule has 0 atom stereocenters. The van der Waals surface area contributed by atoms with E-state index in [4.69, 9.17) is 0 Å². The number of carbonyl (C=O) groups is 1. The number of hydrogen-bond acceptors (Lipinski definition) is 2. The van der Waals surface area contributed by atoms with Gasteiger partial charge in [0.2, 0.25) is 0 Å². The van der Waals surface area contributed by atoms with Crippen molar-refractivity contribution in [3.05, 3.63) is 101 Å². The Hall–Kier alpha value is -3.05. The van der Waals surface area contributed by atoms with E-state index in [-0.39, 0.29) is 11.9 Å². The van der Waals surface area contributed by atoms with Crippen molar-refractivity contribution in [3.8, 4) is 0 Å². The van der Waals surface area contributed by atoms with E-state index < -0.39 is 11.6 Å². The molecule has 1 aliphatic heterocycles. The van der Waals surface area contributed by atoms with Crippen molar-refractivity contribution >= 4 is 11.6 Å². The minimum atomic E-state index is -0.562. The second kappa shape index (κ2) is 9.40. The van der Waals surface area contributed by atoms with Gasteiger partial charge in [-0.15, -0.1) is 0 Å². The van der Waals surface area contributed by atoms with Gasteiger partial charge < -0.3 is 4.90 Å². The molecule has 0 radical (unpaired) electrons. The number of nitrogens with zero attached hydrogens (tertiary/aromatic N) is 2. The van der Waals surface area contributed by atoms with Crippen molar-refractivity contribution in [1.29, 1.82) is 0 Å². The lowest BCUT2D eigenvalue weighted by Gasteiger charge is -2.39. The summed E-state index contributed by atoms with van der Waals surface area (Å²) in [5.41, 5.74) is 3.17. The van der Waals surface area contributed by atoms with Crippen molar-refractivity contribution in [2.24, 2.45) is 0 Å². The second-order valence-corrected chi connectivity index (χ2v) is 8.12. The van der Waals surface area contributed by atoms with Crippen LogP contribution in [0.5, 0.6) is 0 Å². The molecule has 1 saturated heterocycles. The molecule has 0 aromatic heterocycles. The Morgan fingerprint density at radius 1 is 0.968 bits per heavy atom. The third kappa shape index (κ3) is 5.00. The molecular weight excluding hydrogens is 394 g/mol. The van der Waals surface area contributed by atoms with E-state index in [0.29, 0.717) is 17.7 Å². The van der Waals surface area contributed by atoms with Gasteiger partial charge in [-0.2, -0.15) is 0 Å². The van der Waals surface area contributed by atoms with Crippen LogP contribution in [0.1, 0.15) is 34.3 Å². The van der Waals surface area contributed by atoms with E-state index in [1.165, 1.54) is 12.1 Å². The molecule has 3 nitrogen and oxygen atoms in total. The van der Waals surface area contributed by atoms with Crippen molar-refractivity contribution in [1.82, 2.24) is 4.90 Å². The van der Waals surface area contributed by atoms with Crippen LogP contribution in [0.15, 0.2) is 72.8 Å². The highest BCUT2D eigenvalue weighted by Crippen LogP contribution is 2.27. The fourth-order valence-electron chi connectivity index (χ4n) is 4.22. The predicted octanol–water partition coefficient (Wildman–Crippen LogP) is 5.58. The number of piperidine rings is 1. The molecule has 1 heterocycles. The van der Waals surface area contributed by atoms with Crippen molar-refractivity contribution in [2.45, 2.75) is 32.4 Å². The lowest BCUT2D eigenvalue weighted by Crippen LogP contribution is -2.47. The minimum Gasteiger partial charge on any atom is -0.305 e. The molecule has 1 amide bonds. The zero-order valence-electron chi connectivity index (χ0n) is 17.6. The Balaban J connectivity index is 1.51. The number of aryl methyl sites for hydroxylation is 1. The first-order chi connectivity index (χ1) is 15.0. The summed E-state index contributed by atoms with van der Waals surface area (Å²) < 4.78 is 27.2. The summed E-state index contributed by atoms with van der Waals surface area (Å²) in [4.78, 5) is 17.5. The maximum atomic E-state index is 14.0. The largest absolute Gasteiger partial charge is 0.305 e. The average Bonchev–Trinajstić information content (AvgIpc) is 2.77. The monoisotopic (exact) mass is 420 g/mol. The summed E-state index contributed by atoms with van der Waals surface area (Å²) in [6, 6.07) is 21.2. The van der Waals surface area contributed by atoms with Gasteiger partial charge in [-0.3, -0.25) is 9.69 Å². The molecule has 0 bridgehead atoms. The third-order valence-electron chi connectivity index (χ3n) is 5.85. The molecule has 1 aliphatic rings. The van der Waals surface area contributed by atoms with Gasteiger partial charge in [0.05, 0.1) is 0 Å². The topological polar surface area (TPSA) is 23.6 Å². The van der Waals surface area contributed by atoms with E-state index in [9.17, 15) is 13.6 Å². The third-order valence-corrected chi connectivity index (χ3v) is 5.85. The highest BCUT2D eigenvalue weighted by molar-refractivity contribution is 6.06. The normalized spacial score (nSPS) is 15.1. The van der Waals surface area contributed by atoms with Crippen LogP contribution in [0.4, 0.5) is 14.5 Å². The average molecular weight is 421 g/mol. The van der Waals surface area contributed by atoms with Gasteiger partial charge in [-0.1, -0.05) is 36.4 Å². The first-order valence-corrected chi connectivity index (χ1v) is 10.6. The molecule has 1 fully saturated rings. The van der Waals surface area contributed by atoms with Crippen LogP contribution in [0, 0.1) is 18.6 Å². The van der Waals surface area contributed by atoms with Gasteiger partial charge >= 0.3 is 0 Å². The molecule has 160 valence electrons. The highest BCUT2D eigenvalue weighted by atomic mass is 19.1. The summed E-state index contributed by atoms with van der Waals surface area (Å²) in [5, 5.41) is 0. The van der Waals surface area contributed by atoms with Crippen LogP contribution in [-0.2, 0) is 6.54 Å². The summed E-state index contributed by atoms with van der Waals surface area (Å²) in [6.07, 6.45) is 1.57. The quantitative estimate of drug-likeness (QED) is 0.538. The Morgan fingerprint density at radius 3 is 2.39 bits per heavy atom. The molecule has 3 aromatic rings. The Bertz CT molecular complexity index is 1050. The first kappa shape index (κ1) is 21.2. The van der Waals surface area contributed by atoms with E-state index in [0.717, 1.165) is 43.2 Å². The Morgan fingerprint density at radius 2 is 1.71 bits per heavy atom. The standard InChI is InChI=1S/C26H26F2N2O/c1-19-6-5-9-24(16-19)30(26(31)20-7-3-2-4-8-20)23-12-14-29(15-13-23)18-21-10-11-22(27)17-25(21)28/h2-11,16-17,23H,12-15,18H2,1H3. The summed E-state index contributed by atoms with van der Waals surface area (Å²) in [6.45, 7) is 3.95. The number of benzene rings is 3. The van der Waals surface area contributed by atoms with Crippen LogP contribution < -0.4 is 4.90 Å². The first-order valence-electron chi connectivity index (χ1n) is 10.6. The number of anilines is 1. The molecule has 0 saturated carbocycles. The molecule has 31 heavy (non-hydrogen) atoms. The van der Waals surface area contributed by atoms with Crippen LogP contribution in [0.3, 0.4) is 0 Å². The van der Waals surface area contributed by atoms with Gasteiger partial charge in [0.1, 0.15) is 11.6 Å². The number of halogens is 2. The van der Waals surface area contributed by atoms with Crippen molar-refractivity contribution in [3.63, 3.8) is 0 Å². The molecule has 5 heteroatoms. The van der Waals surface area contributed by atoms with Crippen LogP contribution >= 0.6 is 0 Å². The Labute approximate surface area is 181 Å². The number of rotatable bonds is 5. The SMILES string of the molecule is Cc1cccc(N(C(=O)c2ccccc2)C2CCN(Cc3ccc(F)cc3F)CC2)c1. The smallest absolute Gasteiger partial charge is 0.258 e. The minimum absolute atomic E-state index is 0.00534. The highest BCUT2D eigenvalue weighted by Gasteiger charge is 2.30. The van der Waals surface area contributed by atoms with E-state index in [2.05, 4.69) is 4.90 Å². The van der Waals surface area contributed by atoms with Gasteiger partial charge in [0, 0.05) is 48.6 Å². The Kier molecular flexibility index (Phi) is 6.42. The second-order valence-electron chi connectivity index (χ2n) is 8.12. The van der Waals surface area contributed by atoms with Crippen LogP contribution in [0.25, 0.3) is 0 Å². The van der Waals surface area contributed by atoms with Gasteiger partial charge in [0.25, 0.3) is 5.91 Å². The van der Waals surface area contributed by atoms with Crippen molar-refractivity contribution < 1.29 is 13.6 Å². The molecular formula is C26H26F2N2O. The molecule has 0 unspecified atom stereocenters. The lowest BCUT2D eigenvalue weighted by molar-refractivity contribution is 0.0958. The van der Waals surface area contributed by atoms with Crippen LogP contribution in [-0.4, -0.2) is 29.9 Å². The number of likely N-dealkylation sites (tertiary alicyclic amines) is 1. The van der Waals surface area contributed by atoms with Crippen molar-refractivity contribution in [2.75, 3.05) is 18.0 Å². The summed E-state index contributed by atoms with van der Waals surface area (Å²) in [5.74, 6) is -1.08. The number of hydrogen-bond donors (Lipinski definition) is 0. The van der Waals surface area contributed by atoms with E-state index in [1.807, 2.05) is 66.4 Å². The number of amides is 1. The summed E-state index contributed by atoms with van der Waals surface area (Å²) >= 11 is 0. The van der Waals surface area contributed by atoms with E-state index >= 15 is 0 Å². The maximum Gasteiger partial charge on any atom is 0.258 e. The van der Waals surface area contributed by atoms with Gasteiger partial charge in [-0.05, 0) is 55.7 Å². The molecule has 3 aromatic carbocycles. The van der Waals surface area contributed by atoms with Crippen LogP contribution in [0.2, 0.25) is 0 Å². The van der Waals surface area contributed by atoms with Gasteiger partial charge in [0.15, 0.2) is 0 Å². The molecule has 0 aliphatic carbocycles. The van der Waals surface area contributed by atoms with Gasteiger partial charge in [-0.25, -0.2) is 8.78 Å². The lowest BCUT2D eigenvalue weighted by atomic mass is 9.99. The zero-order valence-corrected chi connectivity index (χ0v) is 17.6. The van der Waals surface area contributed by atoms with E-state index in [1.54, 1.807) is 0 Å². The fraction of sp³-hybridized carbons (Fsp3) is 0.269. The molecule has 0 N–H and O–H groups in total. The predicted molar refractivity (Wildman–Crippen MR) is 119 cm³/mol. The fourth-order valence-corrected chi connectivity index (χ4v) is 4.22. The zero-order chi connectivity index (χ0) is 21.8. The maximum absolute atomic E-state index is 14.0. The number of carbonyl (C=O) groups excluding carboxylic acids is 1.